The summed E-state index contributed by atoms with van der Waals surface area (Å²) in [5.41, 5.74) is 0.651. The van der Waals surface area contributed by atoms with Crippen molar-refractivity contribution in [2.75, 3.05) is 5.88 Å². The molecular weight excluding hydrogens is 320 g/mol. The molecule has 112 valence electrons. The topological polar surface area (TPSA) is 46.2 Å². The number of rotatable bonds is 5. The summed E-state index contributed by atoms with van der Waals surface area (Å²) in [6.07, 6.45) is 0. The van der Waals surface area contributed by atoms with E-state index in [2.05, 4.69) is 4.72 Å². The number of nitrogens with one attached hydrogen (secondary N) is 1. The van der Waals surface area contributed by atoms with Gasteiger partial charge in [0.1, 0.15) is 16.5 Å². The van der Waals surface area contributed by atoms with Gasteiger partial charge in [-0.05, 0) is 17.7 Å². The lowest BCUT2D eigenvalue weighted by Crippen LogP contribution is -2.30. The number of sulfonamides is 1. The van der Waals surface area contributed by atoms with Crippen LogP contribution in [0.4, 0.5) is 8.78 Å². The van der Waals surface area contributed by atoms with E-state index in [1.54, 1.807) is 30.3 Å². The van der Waals surface area contributed by atoms with Crippen LogP contribution in [0.5, 0.6) is 0 Å². The van der Waals surface area contributed by atoms with E-state index in [4.69, 9.17) is 11.6 Å². The lowest BCUT2D eigenvalue weighted by molar-refractivity contribution is 0.537. The summed E-state index contributed by atoms with van der Waals surface area (Å²) in [5, 5.41) is 0. The summed E-state index contributed by atoms with van der Waals surface area (Å²) >= 11 is 5.78. The van der Waals surface area contributed by atoms with Gasteiger partial charge in [-0.3, -0.25) is 0 Å². The number of hydrogen-bond donors (Lipinski definition) is 1. The quantitative estimate of drug-likeness (QED) is 0.855. The fraction of sp³-hybridized carbons (Fsp3) is 0.143. The summed E-state index contributed by atoms with van der Waals surface area (Å²) in [5.74, 6) is -2.02. The van der Waals surface area contributed by atoms with Crippen LogP contribution in [0.15, 0.2) is 53.4 Å². The lowest BCUT2D eigenvalue weighted by atomic mass is 10.1. The van der Waals surface area contributed by atoms with Crippen molar-refractivity contribution in [3.05, 3.63) is 65.7 Å². The zero-order valence-electron chi connectivity index (χ0n) is 10.8. The minimum Gasteiger partial charge on any atom is -0.207 e. The van der Waals surface area contributed by atoms with E-state index in [1.165, 1.54) is 0 Å². The molecule has 7 heteroatoms. The first kappa shape index (κ1) is 15.9. The second-order valence-corrected chi connectivity index (χ2v) is 6.30. The van der Waals surface area contributed by atoms with Gasteiger partial charge in [0.15, 0.2) is 0 Å². The summed E-state index contributed by atoms with van der Waals surface area (Å²) in [6, 6.07) is 10.2. The highest BCUT2D eigenvalue weighted by molar-refractivity contribution is 7.89. The fourth-order valence-corrected chi connectivity index (χ4v) is 3.45. The van der Waals surface area contributed by atoms with E-state index in [-0.39, 0.29) is 5.88 Å². The maximum atomic E-state index is 13.6. The number of hydrogen-bond acceptors (Lipinski definition) is 2. The molecule has 0 saturated heterocycles. The van der Waals surface area contributed by atoms with Crippen LogP contribution in [0, 0.1) is 11.6 Å². The van der Waals surface area contributed by atoms with E-state index in [1.807, 2.05) is 0 Å². The van der Waals surface area contributed by atoms with Crippen LogP contribution in [-0.2, 0) is 10.0 Å². The van der Waals surface area contributed by atoms with E-state index in [0.717, 1.165) is 12.1 Å². The van der Waals surface area contributed by atoms with Gasteiger partial charge in [-0.15, -0.1) is 11.6 Å². The zero-order chi connectivity index (χ0) is 15.5. The van der Waals surface area contributed by atoms with Crippen molar-refractivity contribution < 1.29 is 17.2 Å². The highest BCUT2D eigenvalue weighted by atomic mass is 35.5. The zero-order valence-corrected chi connectivity index (χ0v) is 12.3. The van der Waals surface area contributed by atoms with Crippen molar-refractivity contribution >= 4 is 21.6 Å². The fourth-order valence-electron chi connectivity index (χ4n) is 1.82. The molecule has 0 saturated carbocycles. The molecule has 0 spiro atoms. The van der Waals surface area contributed by atoms with E-state index >= 15 is 0 Å². The Bertz CT molecular complexity index is 723. The molecule has 0 radical (unpaired) electrons. The number of alkyl halides is 1. The molecule has 2 aromatic carbocycles. The molecule has 0 fully saturated rings. The normalized spacial score (nSPS) is 13.1. The van der Waals surface area contributed by atoms with Crippen molar-refractivity contribution in [1.82, 2.24) is 4.72 Å². The monoisotopic (exact) mass is 331 g/mol. The van der Waals surface area contributed by atoms with Gasteiger partial charge in [-0.1, -0.05) is 30.3 Å². The molecule has 21 heavy (non-hydrogen) atoms. The summed E-state index contributed by atoms with van der Waals surface area (Å²) in [7, 11) is -4.14. The van der Waals surface area contributed by atoms with Gasteiger partial charge < -0.3 is 0 Å². The highest BCUT2D eigenvalue weighted by Crippen LogP contribution is 2.20. The predicted molar refractivity (Wildman–Crippen MR) is 76.6 cm³/mol. The van der Waals surface area contributed by atoms with Crippen LogP contribution < -0.4 is 4.72 Å². The van der Waals surface area contributed by atoms with Crippen LogP contribution >= 0.6 is 11.6 Å². The number of halogens is 3. The second kappa shape index (κ2) is 6.51. The summed E-state index contributed by atoms with van der Waals surface area (Å²) in [4.78, 5) is -0.616. The molecule has 3 nitrogen and oxygen atoms in total. The lowest BCUT2D eigenvalue weighted by Gasteiger charge is -2.17. The van der Waals surface area contributed by atoms with Crippen LogP contribution in [0.1, 0.15) is 11.6 Å². The van der Waals surface area contributed by atoms with Crippen molar-refractivity contribution in [2.24, 2.45) is 0 Å². The minimum absolute atomic E-state index is 0.0218. The molecule has 0 aliphatic carbocycles. The third-order valence-electron chi connectivity index (χ3n) is 2.84. The third-order valence-corrected chi connectivity index (χ3v) is 4.65. The third kappa shape index (κ3) is 3.78. The Balaban J connectivity index is 2.32. The van der Waals surface area contributed by atoms with Gasteiger partial charge in [0.25, 0.3) is 0 Å². The minimum atomic E-state index is -4.14. The molecule has 0 amide bonds. The molecule has 0 bridgehead atoms. The highest BCUT2D eigenvalue weighted by Gasteiger charge is 2.24. The predicted octanol–water partition coefficient (Wildman–Crippen LogP) is 3.22. The first-order chi connectivity index (χ1) is 9.94. The second-order valence-electron chi connectivity index (χ2n) is 4.31. The average Bonchev–Trinajstić information content (AvgIpc) is 2.45. The van der Waals surface area contributed by atoms with Crippen molar-refractivity contribution in [2.45, 2.75) is 10.9 Å². The maximum absolute atomic E-state index is 13.6. The number of benzene rings is 2. The molecule has 1 N–H and O–H groups in total. The standard InChI is InChI=1S/C14H12ClF2NO2S/c15-9-13(10-4-2-1-3-5-10)18-21(19,20)14-7-6-11(16)8-12(14)17/h1-8,13,18H,9H2. The van der Waals surface area contributed by atoms with Gasteiger partial charge in [0, 0.05) is 11.9 Å². The van der Waals surface area contributed by atoms with E-state index in [9.17, 15) is 17.2 Å². The first-order valence-corrected chi connectivity index (χ1v) is 8.04. The Labute approximate surface area is 126 Å². The Kier molecular flexibility index (Phi) is 4.92. The first-order valence-electron chi connectivity index (χ1n) is 6.02. The Morgan fingerprint density at radius 1 is 1.10 bits per heavy atom. The smallest absolute Gasteiger partial charge is 0.207 e. The van der Waals surface area contributed by atoms with E-state index in [0.29, 0.717) is 11.6 Å². The van der Waals surface area contributed by atoms with Crippen LogP contribution in [-0.4, -0.2) is 14.3 Å². The van der Waals surface area contributed by atoms with Crippen LogP contribution in [0.2, 0.25) is 0 Å². The Morgan fingerprint density at radius 3 is 2.33 bits per heavy atom. The van der Waals surface area contributed by atoms with Gasteiger partial charge in [-0.2, -0.15) is 0 Å². The molecule has 0 aliphatic rings. The summed E-state index contributed by atoms with van der Waals surface area (Å²) in [6.45, 7) is 0. The van der Waals surface area contributed by atoms with Crippen molar-refractivity contribution in [3.63, 3.8) is 0 Å². The molecule has 1 atom stereocenters. The maximum Gasteiger partial charge on any atom is 0.244 e. The van der Waals surface area contributed by atoms with Crippen molar-refractivity contribution in [1.29, 1.82) is 0 Å². The molecular formula is C14H12ClF2NO2S. The van der Waals surface area contributed by atoms with Gasteiger partial charge >= 0.3 is 0 Å². The Hall–Kier alpha value is -1.50. The van der Waals surface area contributed by atoms with E-state index < -0.39 is 32.6 Å². The molecule has 2 rings (SSSR count). The molecule has 0 heterocycles. The average molecular weight is 332 g/mol. The van der Waals surface area contributed by atoms with Crippen molar-refractivity contribution in [3.8, 4) is 0 Å². The SMILES string of the molecule is O=S(=O)(NC(CCl)c1ccccc1)c1ccc(F)cc1F. The van der Waals surface area contributed by atoms with Gasteiger partial charge in [0.05, 0.1) is 6.04 Å². The molecule has 1 unspecified atom stereocenters. The molecule has 0 aliphatic heterocycles. The van der Waals surface area contributed by atoms with Gasteiger partial charge in [0.2, 0.25) is 10.0 Å². The largest absolute Gasteiger partial charge is 0.244 e. The van der Waals surface area contributed by atoms with Crippen LogP contribution in [0.3, 0.4) is 0 Å². The summed E-state index contributed by atoms with van der Waals surface area (Å²) < 4.78 is 53.1. The van der Waals surface area contributed by atoms with Crippen LogP contribution in [0.25, 0.3) is 0 Å². The Morgan fingerprint density at radius 2 is 1.76 bits per heavy atom. The molecule has 0 aromatic heterocycles. The van der Waals surface area contributed by atoms with Gasteiger partial charge in [-0.25, -0.2) is 21.9 Å². The molecule has 2 aromatic rings.